The summed E-state index contributed by atoms with van der Waals surface area (Å²) in [4.78, 5) is 30.1. The standard InChI is InChI=1S/C17H27ClN2O3S/c1-11-14(18)15(16(24(11)5)17(22)23-4)20(12(2)21)10-13-6-8-19(3)9-7-13/h13,24H,6-10H2,1-5H3. The SMILES string of the molecule is COC(=O)C1=C(N(CC2CCN(C)CC2)C(C)=O)C(Cl)=C(C)[SH]1C. The number of thiol groups is 1. The van der Waals surface area contributed by atoms with E-state index in [1.54, 1.807) is 4.90 Å². The van der Waals surface area contributed by atoms with E-state index in [0.29, 0.717) is 28.1 Å². The summed E-state index contributed by atoms with van der Waals surface area (Å²) in [6.45, 7) is 6.13. The number of esters is 1. The summed E-state index contributed by atoms with van der Waals surface area (Å²) >= 11 is 6.53. The van der Waals surface area contributed by atoms with Crippen molar-refractivity contribution in [3.05, 3.63) is 20.5 Å². The highest BCUT2D eigenvalue weighted by molar-refractivity contribution is 8.24. The average Bonchev–Trinajstić information content (AvgIpc) is 2.77. The summed E-state index contributed by atoms with van der Waals surface area (Å²) < 4.78 is 4.95. The van der Waals surface area contributed by atoms with Crippen molar-refractivity contribution in [2.75, 3.05) is 40.0 Å². The molecule has 0 aromatic rings. The third kappa shape index (κ3) is 3.81. The number of ether oxygens (including phenoxy) is 1. The molecular weight excluding hydrogens is 348 g/mol. The summed E-state index contributed by atoms with van der Waals surface area (Å²) in [5.74, 6) is -0.0465. The van der Waals surface area contributed by atoms with Gasteiger partial charge in [0.1, 0.15) is 4.91 Å². The summed E-state index contributed by atoms with van der Waals surface area (Å²) in [6, 6.07) is 0. The number of piperidine rings is 1. The number of carbonyl (C=O) groups excluding carboxylic acids is 2. The molecule has 2 aliphatic rings. The molecule has 2 heterocycles. The maximum atomic E-state index is 12.3. The zero-order chi connectivity index (χ0) is 18.0. The van der Waals surface area contributed by atoms with Crippen molar-refractivity contribution in [1.82, 2.24) is 9.80 Å². The molecule has 0 N–H and O–H groups in total. The predicted octanol–water partition coefficient (Wildman–Crippen LogP) is 2.68. The number of methoxy groups -OCH3 is 1. The van der Waals surface area contributed by atoms with E-state index in [2.05, 4.69) is 11.9 Å². The van der Waals surface area contributed by atoms with Crippen LogP contribution >= 0.6 is 22.5 Å². The Balaban J connectivity index is 2.35. The lowest BCUT2D eigenvalue weighted by atomic mass is 9.96. The molecule has 1 fully saturated rings. The van der Waals surface area contributed by atoms with Gasteiger partial charge < -0.3 is 14.5 Å². The van der Waals surface area contributed by atoms with Gasteiger partial charge in [-0.1, -0.05) is 11.6 Å². The first kappa shape index (κ1) is 19.3. The van der Waals surface area contributed by atoms with Crippen LogP contribution in [0.5, 0.6) is 0 Å². The van der Waals surface area contributed by atoms with E-state index in [1.165, 1.54) is 14.0 Å². The first-order valence-corrected chi connectivity index (χ1v) is 10.3. The summed E-state index contributed by atoms with van der Waals surface area (Å²) in [6.07, 6.45) is 4.07. The van der Waals surface area contributed by atoms with Crippen LogP contribution in [0.1, 0.15) is 26.7 Å². The molecular formula is C17H27ClN2O3S. The first-order chi connectivity index (χ1) is 11.3. The van der Waals surface area contributed by atoms with Crippen LogP contribution in [0.25, 0.3) is 0 Å². The predicted molar refractivity (Wildman–Crippen MR) is 100 cm³/mol. The Hall–Kier alpha value is -0.980. The van der Waals surface area contributed by atoms with Crippen LogP contribution in [0.15, 0.2) is 20.5 Å². The Bertz CT molecular complexity index is 595. The summed E-state index contributed by atoms with van der Waals surface area (Å²) in [7, 11) is 2.63. The first-order valence-electron chi connectivity index (χ1n) is 8.17. The maximum Gasteiger partial charge on any atom is 0.345 e. The zero-order valence-electron chi connectivity index (χ0n) is 15.1. The van der Waals surface area contributed by atoms with Crippen molar-refractivity contribution in [2.24, 2.45) is 5.92 Å². The molecule has 2 rings (SSSR count). The molecule has 0 aromatic carbocycles. The molecule has 1 amide bonds. The number of hydrogen-bond acceptors (Lipinski definition) is 4. The van der Waals surface area contributed by atoms with Gasteiger partial charge in [-0.05, 0) is 57.0 Å². The van der Waals surface area contributed by atoms with Gasteiger partial charge in [-0.2, -0.15) is 10.9 Å². The fourth-order valence-electron chi connectivity index (χ4n) is 3.21. The second-order valence-corrected chi connectivity index (χ2v) is 9.14. The van der Waals surface area contributed by atoms with Crippen molar-refractivity contribution >= 4 is 34.4 Å². The van der Waals surface area contributed by atoms with Crippen molar-refractivity contribution in [3.8, 4) is 0 Å². The molecule has 0 saturated carbocycles. The maximum absolute atomic E-state index is 12.3. The van der Waals surface area contributed by atoms with Gasteiger partial charge in [0.15, 0.2) is 0 Å². The molecule has 0 aromatic heterocycles. The fourth-order valence-corrected chi connectivity index (χ4v) is 5.50. The smallest absolute Gasteiger partial charge is 0.345 e. The number of allylic oxidation sites excluding steroid dienone is 2. The topological polar surface area (TPSA) is 49.9 Å². The highest BCUT2D eigenvalue weighted by Crippen LogP contribution is 2.53. The monoisotopic (exact) mass is 374 g/mol. The Labute approximate surface area is 152 Å². The van der Waals surface area contributed by atoms with Gasteiger partial charge in [0.25, 0.3) is 0 Å². The van der Waals surface area contributed by atoms with E-state index in [-0.39, 0.29) is 11.9 Å². The third-order valence-corrected chi connectivity index (χ3v) is 7.79. The fraction of sp³-hybridized carbons (Fsp3) is 0.647. The van der Waals surface area contributed by atoms with Crippen LogP contribution in [-0.2, 0) is 14.3 Å². The van der Waals surface area contributed by atoms with E-state index in [4.69, 9.17) is 16.3 Å². The number of amides is 1. The van der Waals surface area contributed by atoms with Crippen molar-refractivity contribution < 1.29 is 14.3 Å². The minimum Gasteiger partial charge on any atom is -0.465 e. The highest BCUT2D eigenvalue weighted by Gasteiger charge is 2.36. The quantitative estimate of drug-likeness (QED) is 0.607. The molecule has 136 valence electrons. The van der Waals surface area contributed by atoms with Crippen LogP contribution in [0.3, 0.4) is 0 Å². The van der Waals surface area contributed by atoms with Gasteiger partial charge in [0.05, 0.1) is 17.8 Å². The molecule has 1 saturated heterocycles. The van der Waals surface area contributed by atoms with E-state index in [0.717, 1.165) is 30.8 Å². The third-order valence-electron chi connectivity index (χ3n) is 4.90. The van der Waals surface area contributed by atoms with Gasteiger partial charge in [0.2, 0.25) is 5.91 Å². The molecule has 0 bridgehead atoms. The lowest BCUT2D eigenvalue weighted by Gasteiger charge is -2.33. The Morgan fingerprint density at radius 2 is 1.96 bits per heavy atom. The largest absolute Gasteiger partial charge is 0.465 e. The molecule has 1 unspecified atom stereocenters. The van der Waals surface area contributed by atoms with Gasteiger partial charge >= 0.3 is 5.97 Å². The van der Waals surface area contributed by atoms with Crippen molar-refractivity contribution in [3.63, 3.8) is 0 Å². The number of likely N-dealkylation sites (tertiary alicyclic amines) is 1. The van der Waals surface area contributed by atoms with E-state index < -0.39 is 10.9 Å². The minimum atomic E-state index is -0.850. The van der Waals surface area contributed by atoms with Gasteiger partial charge in [0, 0.05) is 13.5 Å². The lowest BCUT2D eigenvalue weighted by Crippen LogP contribution is -2.39. The Morgan fingerprint density at radius 1 is 1.38 bits per heavy atom. The van der Waals surface area contributed by atoms with Crippen molar-refractivity contribution in [2.45, 2.75) is 26.7 Å². The van der Waals surface area contributed by atoms with Crippen LogP contribution in [-0.4, -0.2) is 61.7 Å². The second kappa shape index (κ2) is 7.93. The van der Waals surface area contributed by atoms with E-state index in [9.17, 15) is 9.59 Å². The van der Waals surface area contributed by atoms with E-state index >= 15 is 0 Å². The minimum absolute atomic E-state index is 0.0819. The number of carbonyl (C=O) groups is 2. The normalized spacial score (nSPS) is 24.5. The van der Waals surface area contributed by atoms with Crippen LogP contribution in [0.4, 0.5) is 0 Å². The number of hydrogen-bond donors (Lipinski definition) is 1. The van der Waals surface area contributed by atoms with Gasteiger partial charge in [-0.3, -0.25) is 4.79 Å². The Kier molecular flexibility index (Phi) is 6.39. The lowest BCUT2D eigenvalue weighted by molar-refractivity contribution is -0.135. The van der Waals surface area contributed by atoms with Crippen molar-refractivity contribution in [1.29, 1.82) is 0 Å². The molecule has 5 nitrogen and oxygen atoms in total. The Morgan fingerprint density at radius 3 is 2.46 bits per heavy atom. The molecule has 24 heavy (non-hydrogen) atoms. The average molecular weight is 375 g/mol. The molecule has 0 spiro atoms. The van der Waals surface area contributed by atoms with Crippen LogP contribution < -0.4 is 0 Å². The van der Waals surface area contributed by atoms with E-state index in [1.807, 2.05) is 13.2 Å². The molecule has 1 atom stereocenters. The number of halogens is 1. The summed E-state index contributed by atoms with van der Waals surface area (Å²) in [5.41, 5.74) is 0.570. The molecule has 2 aliphatic heterocycles. The molecule has 0 radical (unpaired) electrons. The van der Waals surface area contributed by atoms with Gasteiger partial charge in [-0.25, -0.2) is 4.79 Å². The van der Waals surface area contributed by atoms with Crippen LogP contribution in [0, 0.1) is 5.92 Å². The highest BCUT2D eigenvalue weighted by atomic mass is 35.5. The van der Waals surface area contributed by atoms with Crippen LogP contribution in [0.2, 0.25) is 0 Å². The number of nitrogens with zero attached hydrogens (tertiary/aromatic N) is 2. The zero-order valence-corrected chi connectivity index (χ0v) is 16.7. The molecule has 7 heteroatoms. The number of rotatable bonds is 4. The molecule has 0 aliphatic carbocycles. The van der Waals surface area contributed by atoms with Gasteiger partial charge in [-0.15, -0.1) is 0 Å². The summed E-state index contributed by atoms with van der Waals surface area (Å²) in [5, 5.41) is 0.534. The second-order valence-electron chi connectivity index (χ2n) is 6.52.